The van der Waals surface area contributed by atoms with Crippen molar-refractivity contribution in [2.45, 2.75) is 56.1 Å². The number of nitrogens with two attached hydrogens (primary N) is 1. The molecule has 1 unspecified atom stereocenters. The molecule has 2 atom stereocenters. The van der Waals surface area contributed by atoms with Gasteiger partial charge in [-0.05, 0) is 49.1 Å². The molecule has 1 aromatic heterocycles. The number of sulfone groups is 1. The van der Waals surface area contributed by atoms with Gasteiger partial charge in [-0.15, -0.1) is 11.3 Å². The van der Waals surface area contributed by atoms with Crippen LogP contribution in [0, 0.1) is 5.92 Å². The molecule has 30 heavy (non-hydrogen) atoms. The van der Waals surface area contributed by atoms with Crippen LogP contribution in [0.3, 0.4) is 0 Å². The van der Waals surface area contributed by atoms with Crippen LogP contribution < -0.4 is 5.73 Å². The summed E-state index contributed by atoms with van der Waals surface area (Å²) in [6.45, 7) is 6.57. The van der Waals surface area contributed by atoms with Crippen molar-refractivity contribution >= 4 is 40.9 Å². The minimum absolute atomic E-state index is 0.0508. The largest absolute Gasteiger partial charge is 0.481 e. The van der Waals surface area contributed by atoms with E-state index in [1.54, 1.807) is 0 Å². The van der Waals surface area contributed by atoms with E-state index < -0.39 is 34.5 Å². The van der Waals surface area contributed by atoms with Crippen molar-refractivity contribution in [1.82, 2.24) is 0 Å². The average molecular weight is 466 g/mol. The van der Waals surface area contributed by atoms with E-state index in [0.29, 0.717) is 29.8 Å². The molecular formula is C22H31NO4S2Si. The number of hydrogen-bond acceptors (Lipinski definition) is 5. The second-order valence-corrected chi connectivity index (χ2v) is 18.5. The monoisotopic (exact) mass is 465 g/mol. The van der Waals surface area contributed by atoms with Crippen LogP contribution in [0.15, 0.2) is 36.4 Å². The van der Waals surface area contributed by atoms with Gasteiger partial charge in [-0.2, -0.15) is 0 Å². The van der Waals surface area contributed by atoms with E-state index in [-0.39, 0.29) is 5.75 Å². The molecule has 3 rings (SSSR count). The summed E-state index contributed by atoms with van der Waals surface area (Å²) in [6, 6.07) is 12.0. The Morgan fingerprint density at radius 2 is 1.97 bits per heavy atom. The smallest absolute Gasteiger partial charge is 0.308 e. The second kappa shape index (κ2) is 8.47. The van der Waals surface area contributed by atoms with Crippen molar-refractivity contribution in [3.8, 4) is 10.4 Å². The van der Waals surface area contributed by atoms with Gasteiger partial charge in [0.15, 0.2) is 9.84 Å². The van der Waals surface area contributed by atoms with Gasteiger partial charge < -0.3 is 10.8 Å². The third-order valence-electron chi connectivity index (χ3n) is 6.00. The van der Waals surface area contributed by atoms with E-state index in [9.17, 15) is 18.3 Å². The molecule has 1 aromatic carbocycles. The van der Waals surface area contributed by atoms with Crippen molar-refractivity contribution < 1.29 is 18.3 Å². The molecule has 1 aliphatic heterocycles. The topological polar surface area (TPSA) is 97.5 Å². The number of carboxylic acids is 1. The third-order valence-corrected chi connectivity index (χ3v) is 11.9. The molecule has 164 valence electrons. The molecule has 2 aromatic rings. The molecule has 0 saturated carbocycles. The number of carbonyl (C=O) groups is 1. The predicted octanol–water partition coefficient (Wildman–Crippen LogP) is 5.22. The maximum Gasteiger partial charge on any atom is 0.308 e. The summed E-state index contributed by atoms with van der Waals surface area (Å²) < 4.78 is 25.7. The summed E-state index contributed by atoms with van der Waals surface area (Å²) in [5, 5.41) is 10.2. The lowest BCUT2D eigenvalue weighted by molar-refractivity contribution is -0.143. The van der Waals surface area contributed by atoms with E-state index in [0.717, 1.165) is 22.9 Å². The van der Waals surface area contributed by atoms with Gasteiger partial charge in [0.2, 0.25) is 0 Å². The number of hydrogen-bond donors (Lipinski definition) is 2. The third kappa shape index (κ3) is 4.50. The summed E-state index contributed by atoms with van der Waals surface area (Å²) >= 11 is 1.39. The number of carboxylic acid groups (broad SMARTS) is 1. The Kier molecular flexibility index (Phi) is 6.50. The highest BCUT2D eigenvalue weighted by atomic mass is 32.2. The van der Waals surface area contributed by atoms with Crippen LogP contribution in [0.4, 0.5) is 5.69 Å². The number of anilines is 1. The Labute approximate surface area is 184 Å². The fraction of sp³-hybridized carbons (Fsp3) is 0.500. The van der Waals surface area contributed by atoms with Gasteiger partial charge in [0.1, 0.15) is 4.75 Å². The lowest BCUT2D eigenvalue weighted by atomic mass is 9.83. The van der Waals surface area contributed by atoms with Crippen molar-refractivity contribution in [3.63, 3.8) is 0 Å². The number of nitrogen functional groups attached to an aromatic ring is 1. The van der Waals surface area contributed by atoms with Crippen LogP contribution in [-0.4, -0.2) is 33.3 Å². The van der Waals surface area contributed by atoms with Crippen LogP contribution >= 0.6 is 11.3 Å². The Bertz CT molecular complexity index is 1030. The summed E-state index contributed by atoms with van der Waals surface area (Å²) in [5.41, 5.74) is 7.48. The highest BCUT2D eigenvalue weighted by molar-refractivity contribution is 7.92. The Balaban J connectivity index is 2.13. The maximum absolute atomic E-state index is 13.5. The molecule has 0 radical (unpaired) electrons. The molecule has 8 heteroatoms. The number of rotatable bonds is 7. The van der Waals surface area contributed by atoms with Crippen molar-refractivity contribution in [2.24, 2.45) is 5.92 Å². The van der Waals surface area contributed by atoms with E-state index in [2.05, 4.69) is 19.6 Å². The summed E-state index contributed by atoms with van der Waals surface area (Å²) in [5.74, 6) is -1.88. The molecule has 5 nitrogen and oxygen atoms in total. The first-order valence-electron chi connectivity index (χ1n) is 10.4. The molecule has 1 aliphatic rings. The van der Waals surface area contributed by atoms with Crippen molar-refractivity contribution in [3.05, 3.63) is 41.3 Å². The summed E-state index contributed by atoms with van der Waals surface area (Å²) in [6.07, 6.45) is 2.09. The maximum atomic E-state index is 13.5. The molecule has 1 saturated heterocycles. The van der Waals surface area contributed by atoms with Crippen molar-refractivity contribution in [2.75, 3.05) is 11.5 Å². The fourth-order valence-corrected chi connectivity index (χ4v) is 9.66. The van der Waals surface area contributed by atoms with Crippen LogP contribution in [0.1, 0.15) is 30.6 Å². The van der Waals surface area contributed by atoms with Gasteiger partial charge in [-0.1, -0.05) is 44.2 Å². The Morgan fingerprint density at radius 1 is 1.23 bits per heavy atom. The number of benzene rings is 1. The normalized spacial score (nSPS) is 22.5. The van der Waals surface area contributed by atoms with Gasteiger partial charge in [0.05, 0.1) is 11.7 Å². The molecule has 3 N–H and O–H groups in total. The standard InChI is InChI=1S/C22H31NO4S2Si/c1-30(2,3)14-11-18(21(24)25)22(12-4-5-13-29(22,26)27)20-10-9-19(28-20)16-7-6-8-17(23)15-16/h6-10,15,18H,4-5,11-14,23H2,1-3H3,(H,24,25)/t18?,22-/m0/s1. The molecule has 0 aliphatic carbocycles. The van der Waals surface area contributed by atoms with Gasteiger partial charge in [-0.3, -0.25) is 4.79 Å². The van der Waals surface area contributed by atoms with E-state index >= 15 is 0 Å². The van der Waals surface area contributed by atoms with Gasteiger partial charge in [0, 0.05) is 23.5 Å². The molecule has 0 bridgehead atoms. The van der Waals surface area contributed by atoms with Gasteiger partial charge in [0.25, 0.3) is 0 Å². The van der Waals surface area contributed by atoms with Crippen molar-refractivity contribution in [1.29, 1.82) is 0 Å². The molecule has 0 spiro atoms. The molecule has 1 fully saturated rings. The highest BCUT2D eigenvalue weighted by Gasteiger charge is 2.56. The quantitative estimate of drug-likeness (QED) is 0.431. The second-order valence-electron chi connectivity index (χ2n) is 9.44. The summed E-state index contributed by atoms with van der Waals surface area (Å²) in [4.78, 5) is 14.0. The first kappa shape index (κ1) is 23.0. The van der Waals surface area contributed by atoms with Gasteiger partial charge >= 0.3 is 5.97 Å². The van der Waals surface area contributed by atoms with Gasteiger partial charge in [-0.25, -0.2) is 8.42 Å². The average Bonchev–Trinajstić information content (AvgIpc) is 3.12. The summed E-state index contributed by atoms with van der Waals surface area (Å²) in [7, 11) is -5.14. The lowest BCUT2D eigenvalue weighted by Gasteiger charge is -2.41. The number of aliphatic carboxylic acids is 1. The number of thiophene rings is 1. The predicted molar refractivity (Wildman–Crippen MR) is 127 cm³/mol. The van der Waals surface area contributed by atoms with E-state index in [1.165, 1.54) is 11.3 Å². The van der Waals surface area contributed by atoms with Crippen LogP contribution in [0.5, 0.6) is 0 Å². The molecule has 2 heterocycles. The SMILES string of the molecule is C[Si](C)(C)CCC(C(=O)O)[C@]1(c2ccc(-c3cccc(N)c3)s2)CCCCS1(=O)=O. The van der Waals surface area contributed by atoms with Crippen LogP contribution in [0.25, 0.3) is 10.4 Å². The zero-order chi connectivity index (χ0) is 22.2. The minimum Gasteiger partial charge on any atom is -0.481 e. The Morgan fingerprint density at radius 3 is 2.57 bits per heavy atom. The zero-order valence-corrected chi connectivity index (χ0v) is 20.5. The van der Waals surface area contributed by atoms with E-state index in [4.69, 9.17) is 5.73 Å². The highest BCUT2D eigenvalue weighted by Crippen LogP contribution is 2.51. The minimum atomic E-state index is -3.61. The van der Waals surface area contributed by atoms with Crippen LogP contribution in [-0.2, 0) is 19.4 Å². The first-order valence-corrected chi connectivity index (χ1v) is 16.6. The molecular weight excluding hydrogens is 434 g/mol. The zero-order valence-electron chi connectivity index (χ0n) is 17.8. The lowest BCUT2D eigenvalue weighted by Crippen LogP contribution is -2.49. The molecule has 0 amide bonds. The Hall–Kier alpha value is -1.64. The first-order chi connectivity index (χ1) is 14.0. The van der Waals surface area contributed by atoms with E-state index in [1.807, 2.05) is 36.4 Å². The van der Waals surface area contributed by atoms with Crippen LogP contribution in [0.2, 0.25) is 25.7 Å². The fourth-order valence-electron chi connectivity index (χ4n) is 4.40.